The van der Waals surface area contributed by atoms with Crippen molar-refractivity contribution in [3.8, 4) is 5.75 Å². The molecule has 11 heteroatoms. The Hall–Kier alpha value is -3.20. The largest absolute Gasteiger partial charge is 0.494 e. The molecule has 0 fully saturated rings. The Balaban J connectivity index is 2.19. The van der Waals surface area contributed by atoms with Crippen molar-refractivity contribution in [3.05, 3.63) is 59.5 Å². The fourth-order valence-corrected chi connectivity index (χ4v) is 5.61. The van der Waals surface area contributed by atoms with Crippen molar-refractivity contribution in [1.82, 2.24) is 4.57 Å². The Labute approximate surface area is 215 Å². The van der Waals surface area contributed by atoms with Crippen molar-refractivity contribution in [1.29, 1.82) is 0 Å². The van der Waals surface area contributed by atoms with E-state index < -0.39 is 30.9 Å². The first kappa shape index (κ1) is 28.4. The summed E-state index contributed by atoms with van der Waals surface area (Å²) in [4.78, 5) is 26.9. The molecular formula is C26H32FN2O7P. The number of ketones is 1. The molecule has 0 aliphatic carbocycles. The fraction of sp³-hybridized carbons (Fsp3) is 0.385. The summed E-state index contributed by atoms with van der Waals surface area (Å²) in [6.07, 6.45) is -0.791. The average Bonchev–Trinajstić information content (AvgIpc) is 3.21. The lowest BCUT2D eigenvalue weighted by atomic mass is 10.1. The van der Waals surface area contributed by atoms with Crippen LogP contribution in [0.15, 0.2) is 42.5 Å². The second-order valence-corrected chi connectivity index (χ2v) is 10.5. The number of carbonyl (C=O) groups is 2. The SMILES string of the molecule is CCOC(=O)n1c(C(=O)c2cccc(OC)c2F)c(NCC(C)P(=O)(OCC)OCC)c2ccccc21. The number of rotatable bonds is 12. The van der Waals surface area contributed by atoms with Gasteiger partial charge < -0.3 is 23.8 Å². The molecule has 0 bridgehead atoms. The predicted molar refractivity (Wildman–Crippen MR) is 140 cm³/mol. The van der Waals surface area contributed by atoms with E-state index >= 15 is 4.39 Å². The minimum absolute atomic E-state index is 0.0676. The first-order valence-corrected chi connectivity index (χ1v) is 13.7. The monoisotopic (exact) mass is 534 g/mol. The number of hydrogen-bond donors (Lipinski definition) is 1. The van der Waals surface area contributed by atoms with Gasteiger partial charge >= 0.3 is 13.7 Å². The van der Waals surface area contributed by atoms with E-state index in [9.17, 15) is 14.2 Å². The van der Waals surface area contributed by atoms with Crippen LogP contribution in [0.2, 0.25) is 0 Å². The number of hydrogen-bond acceptors (Lipinski definition) is 8. The molecule has 0 aliphatic heterocycles. The molecule has 0 radical (unpaired) electrons. The van der Waals surface area contributed by atoms with Crippen LogP contribution in [0.25, 0.3) is 10.9 Å². The quantitative estimate of drug-likeness (QED) is 0.220. The lowest BCUT2D eigenvalue weighted by Gasteiger charge is -2.24. The van der Waals surface area contributed by atoms with Crippen LogP contribution < -0.4 is 10.1 Å². The standard InChI is InChI=1S/C26H32FN2O7P/c1-6-34-26(31)29-20-14-10-9-12-18(20)23(28-16-17(4)37(32,35-7-2)36-8-3)24(29)25(30)19-13-11-15-21(33-5)22(19)27/h9-15,17,28H,6-8,16H2,1-5H3. The minimum atomic E-state index is -3.47. The average molecular weight is 535 g/mol. The van der Waals surface area contributed by atoms with Crippen molar-refractivity contribution in [3.63, 3.8) is 0 Å². The normalized spacial score (nSPS) is 12.4. The van der Waals surface area contributed by atoms with Crippen molar-refractivity contribution >= 4 is 36.1 Å². The minimum Gasteiger partial charge on any atom is -0.494 e. The van der Waals surface area contributed by atoms with E-state index in [1.807, 2.05) is 0 Å². The van der Waals surface area contributed by atoms with Crippen LogP contribution in [0.4, 0.5) is 14.9 Å². The number of benzene rings is 2. The number of ether oxygens (including phenoxy) is 2. The maximum Gasteiger partial charge on any atom is 0.419 e. The molecular weight excluding hydrogens is 502 g/mol. The number of nitrogens with one attached hydrogen (secondary N) is 1. The third-order valence-electron chi connectivity index (χ3n) is 5.70. The van der Waals surface area contributed by atoms with Gasteiger partial charge in [0.2, 0.25) is 5.78 Å². The number of nitrogens with zero attached hydrogens (tertiary/aromatic N) is 1. The van der Waals surface area contributed by atoms with Gasteiger partial charge in [0.15, 0.2) is 11.6 Å². The van der Waals surface area contributed by atoms with Crippen LogP contribution in [-0.2, 0) is 18.3 Å². The van der Waals surface area contributed by atoms with Gasteiger partial charge in [-0.25, -0.2) is 13.8 Å². The zero-order valence-corrected chi connectivity index (χ0v) is 22.5. The van der Waals surface area contributed by atoms with Gasteiger partial charge in [-0.2, -0.15) is 0 Å². The van der Waals surface area contributed by atoms with E-state index in [1.165, 1.54) is 25.3 Å². The molecule has 0 spiro atoms. The summed E-state index contributed by atoms with van der Waals surface area (Å²) in [5.41, 5.74) is -0.351. The van der Waals surface area contributed by atoms with Crippen LogP contribution in [0.3, 0.4) is 0 Å². The van der Waals surface area contributed by atoms with Crippen LogP contribution in [0.5, 0.6) is 5.75 Å². The number of methoxy groups -OCH3 is 1. The summed E-state index contributed by atoms with van der Waals surface area (Å²) in [6.45, 7) is 7.33. The summed E-state index contributed by atoms with van der Waals surface area (Å²) in [7, 11) is -2.17. The highest BCUT2D eigenvalue weighted by Gasteiger charge is 2.34. The number of fused-ring (bicyclic) bond motifs is 1. The summed E-state index contributed by atoms with van der Waals surface area (Å²) in [5, 5.41) is 3.68. The fourth-order valence-electron chi connectivity index (χ4n) is 4.00. The van der Waals surface area contributed by atoms with E-state index in [-0.39, 0.29) is 49.1 Å². The number of anilines is 1. The summed E-state index contributed by atoms with van der Waals surface area (Å²) < 4.78 is 50.7. The Bertz CT molecular complexity index is 1310. The smallest absolute Gasteiger partial charge is 0.419 e. The molecule has 1 N–H and O–H groups in total. The van der Waals surface area contributed by atoms with Gasteiger partial charge in [-0.1, -0.05) is 24.3 Å². The van der Waals surface area contributed by atoms with Crippen LogP contribution >= 0.6 is 7.60 Å². The molecule has 37 heavy (non-hydrogen) atoms. The van der Waals surface area contributed by atoms with E-state index in [0.29, 0.717) is 10.9 Å². The highest BCUT2D eigenvalue weighted by Crippen LogP contribution is 2.53. The number of carbonyl (C=O) groups excluding carboxylic acids is 2. The maximum atomic E-state index is 15.2. The molecule has 1 aromatic heterocycles. The van der Waals surface area contributed by atoms with Crippen molar-refractivity contribution < 1.29 is 37.1 Å². The van der Waals surface area contributed by atoms with E-state index in [2.05, 4.69) is 5.32 Å². The maximum absolute atomic E-state index is 15.2. The third kappa shape index (κ3) is 5.71. The third-order valence-corrected chi connectivity index (χ3v) is 8.20. The second-order valence-electron chi connectivity index (χ2n) is 8.03. The summed E-state index contributed by atoms with van der Waals surface area (Å²) >= 11 is 0. The van der Waals surface area contributed by atoms with Gasteiger partial charge in [0.05, 0.1) is 49.4 Å². The van der Waals surface area contributed by atoms with Gasteiger partial charge in [-0.05, 0) is 45.9 Å². The highest BCUT2D eigenvalue weighted by atomic mass is 31.2. The molecule has 1 heterocycles. The van der Waals surface area contributed by atoms with Gasteiger partial charge in [-0.3, -0.25) is 9.36 Å². The van der Waals surface area contributed by atoms with Gasteiger partial charge in [0, 0.05) is 11.9 Å². The molecule has 3 aromatic rings. The van der Waals surface area contributed by atoms with E-state index in [0.717, 1.165) is 4.57 Å². The van der Waals surface area contributed by atoms with Crippen molar-refractivity contribution in [2.75, 3.05) is 38.8 Å². The zero-order valence-electron chi connectivity index (χ0n) is 21.6. The molecule has 1 atom stereocenters. The molecule has 9 nitrogen and oxygen atoms in total. The van der Waals surface area contributed by atoms with Crippen LogP contribution in [0.1, 0.15) is 43.7 Å². The van der Waals surface area contributed by atoms with Crippen molar-refractivity contribution in [2.24, 2.45) is 0 Å². The lowest BCUT2D eigenvalue weighted by Crippen LogP contribution is -2.23. The first-order valence-electron chi connectivity index (χ1n) is 12.0. The topological polar surface area (TPSA) is 105 Å². The zero-order chi connectivity index (χ0) is 27.2. The highest BCUT2D eigenvalue weighted by molar-refractivity contribution is 7.54. The Morgan fingerprint density at radius 3 is 2.32 bits per heavy atom. The number of aromatic nitrogens is 1. The molecule has 0 saturated carbocycles. The molecule has 1 unspecified atom stereocenters. The van der Waals surface area contributed by atoms with Crippen LogP contribution in [-0.4, -0.2) is 55.6 Å². The molecule has 0 aliphatic rings. The molecule has 200 valence electrons. The Morgan fingerprint density at radius 2 is 1.70 bits per heavy atom. The number of para-hydroxylation sites is 1. The van der Waals surface area contributed by atoms with Gasteiger partial charge in [0.1, 0.15) is 5.69 Å². The second kappa shape index (κ2) is 12.4. The summed E-state index contributed by atoms with van der Waals surface area (Å²) in [5.74, 6) is -1.72. The molecule has 2 aromatic carbocycles. The molecule has 0 amide bonds. The first-order chi connectivity index (χ1) is 17.7. The van der Waals surface area contributed by atoms with Crippen molar-refractivity contribution in [2.45, 2.75) is 33.4 Å². The molecule has 0 saturated heterocycles. The Kier molecular flexibility index (Phi) is 9.48. The van der Waals surface area contributed by atoms with E-state index in [4.69, 9.17) is 18.5 Å². The van der Waals surface area contributed by atoms with Gasteiger partial charge in [-0.15, -0.1) is 0 Å². The molecule has 3 rings (SSSR count). The predicted octanol–water partition coefficient (Wildman–Crippen LogP) is 6.09. The summed E-state index contributed by atoms with van der Waals surface area (Å²) in [6, 6.07) is 11.0. The van der Waals surface area contributed by atoms with Gasteiger partial charge in [0.25, 0.3) is 0 Å². The number of halogens is 1. The van der Waals surface area contributed by atoms with E-state index in [1.54, 1.807) is 52.0 Å². The Morgan fingerprint density at radius 1 is 1.03 bits per heavy atom. The lowest BCUT2D eigenvalue weighted by molar-refractivity contribution is 0.102. The van der Waals surface area contributed by atoms with Crippen LogP contribution in [0, 0.1) is 5.82 Å².